The summed E-state index contributed by atoms with van der Waals surface area (Å²) in [5.41, 5.74) is 4.26. The van der Waals surface area contributed by atoms with Crippen LogP contribution in [0.2, 0.25) is 0 Å². The summed E-state index contributed by atoms with van der Waals surface area (Å²) in [5.74, 6) is 0.882. The maximum Gasteiger partial charge on any atom is 0.303 e. The largest absolute Gasteiger partial charge is 0.481 e. The molecule has 1 aromatic carbocycles. The lowest BCUT2D eigenvalue weighted by Gasteiger charge is -2.38. The van der Waals surface area contributed by atoms with Gasteiger partial charge in [0.2, 0.25) is 0 Å². The Hall–Kier alpha value is -2.60. The van der Waals surface area contributed by atoms with E-state index >= 15 is 0 Å². The number of benzene rings is 1. The molecule has 6 nitrogen and oxygen atoms in total. The molecule has 29 heavy (non-hydrogen) atoms. The Kier molecular flexibility index (Phi) is 5.72. The van der Waals surface area contributed by atoms with E-state index in [1.807, 2.05) is 6.07 Å². The molecule has 0 aromatic heterocycles. The van der Waals surface area contributed by atoms with E-state index in [9.17, 15) is 4.79 Å². The van der Waals surface area contributed by atoms with Crippen molar-refractivity contribution < 1.29 is 14.6 Å². The molecule has 0 amide bonds. The van der Waals surface area contributed by atoms with Crippen LogP contribution in [-0.4, -0.2) is 53.9 Å². The number of likely N-dealkylation sites (tertiary alicyclic amines) is 1. The van der Waals surface area contributed by atoms with E-state index in [0.717, 1.165) is 67.6 Å². The second kappa shape index (κ2) is 8.41. The summed E-state index contributed by atoms with van der Waals surface area (Å²) in [6, 6.07) is 6.40. The minimum absolute atomic E-state index is 0.180. The summed E-state index contributed by atoms with van der Waals surface area (Å²) >= 11 is 0. The smallest absolute Gasteiger partial charge is 0.303 e. The Labute approximate surface area is 172 Å². The standard InChI is InChI=1S/C23H29N3O3/c1-3-25(4-2)17-9-10-18-21(14-17)29-22-15-20-16(13-19(22)24-18)7-5-11-26(20)12-6-8-23(27)28/h9-10,13-15,20H,3-8,11-12H2,1-2H3,(H,27,28). The lowest BCUT2D eigenvalue weighted by Crippen LogP contribution is -2.43. The molecule has 154 valence electrons. The summed E-state index contributed by atoms with van der Waals surface area (Å²) in [4.78, 5) is 20.4. The first-order chi connectivity index (χ1) is 14.1. The molecule has 2 heterocycles. The van der Waals surface area contributed by atoms with Gasteiger partial charge in [-0.15, -0.1) is 0 Å². The Morgan fingerprint density at radius 2 is 2.17 bits per heavy atom. The number of nitrogens with zero attached hydrogens (tertiary/aromatic N) is 3. The highest BCUT2D eigenvalue weighted by atomic mass is 16.5. The van der Waals surface area contributed by atoms with E-state index in [1.54, 1.807) is 0 Å². The maximum atomic E-state index is 10.9. The van der Waals surface area contributed by atoms with Gasteiger partial charge in [0.05, 0.1) is 6.04 Å². The number of carboxylic acid groups (broad SMARTS) is 1. The summed E-state index contributed by atoms with van der Waals surface area (Å²) in [5, 5.41) is 8.94. The first-order valence-corrected chi connectivity index (χ1v) is 10.6. The van der Waals surface area contributed by atoms with E-state index in [2.05, 4.69) is 47.9 Å². The highest BCUT2D eigenvalue weighted by molar-refractivity contribution is 6.11. The molecule has 3 aliphatic rings. The van der Waals surface area contributed by atoms with Gasteiger partial charge in [0.1, 0.15) is 11.4 Å². The van der Waals surface area contributed by atoms with E-state index in [4.69, 9.17) is 14.8 Å². The lowest BCUT2D eigenvalue weighted by molar-refractivity contribution is -0.137. The number of piperidine rings is 1. The molecule has 1 unspecified atom stereocenters. The number of hydrogen-bond donors (Lipinski definition) is 1. The van der Waals surface area contributed by atoms with Gasteiger partial charge >= 0.3 is 5.97 Å². The van der Waals surface area contributed by atoms with Gasteiger partial charge in [-0.3, -0.25) is 9.69 Å². The third-order valence-electron chi connectivity index (χ3n) is 5.94. The fourth-order valence-corrected chi connectivity index (χ4v) is 4.42. The summed E-state index contributed by atoms with van der Waals surface area (Å²) in [6.45, 7) is 7.97. The second-order valence-corrected chi connectivity index (χ2v) is 7.76. The molecule has 0 radical (unpaired) electrons. The number of aliphatic imine (C=N–C) groups is 1. The molecule has 1 N–H and O–H groups in total. The number of fused-ring (bicyclic) bond motifs is 3. The van der Waals surface area contributed by atoms with E-state index in [1.165, 1.54) is 5.57 Å². The lowest BCUT2D eigenvalue weighted by atomic mass is 9.89. The van der Waals surface area contributed by atoms with Crippen molar-refractivity contribution in [3.63, 3.8) is 0 Å². The molecule has 1 fully saturated rings. The van der Waals surface area contributed by atoms with Crippen molar-refractivity contribution in [1.82, 2.24) is 4.90 Å². The van der Waals surface area contributed by atoms with Crippen LogP contribution in [0.25, 0.3) is 0 Å². The number of aliphatic carboxylic acids is 1. The normalized spacial score (nSPS) is 20.3. The van der Waals surface area contributed by atoms with Gasteiger partial charge in [-0.2, -0.15) is 0 Å². The molecule has 0 spiro atoms. The first kappa shape index (κ1) is 19.7. The summed E-state index contributed by atoms with van der Waals surface area (Å²) in [6.07, 6.45) is 7.36. The zero-order chi connectivity index (χ0) is 20.4. The van der Waals surface area contributed by atoms with Crippen LogP contribution in [-0.2, 0) is 4.79 Å². The SMILES string of the molecule is CCN(CC)c1ccc2c(c1)OC1=CC3C(=CC1=N2)CCCN3CCCC(=O)O. The number of carbonyl (C=O) groups is 1. The van der Waals surface area contributed by atoms with Gasteiger partial charge in [-0.25, -0.2) is 4.99 Å². The van der Waals surface area contributed by atoms with Crippen molar-refractivity contribution in [2.45, 2.75) is 45.6 Å². The monoisotopic (exact) mass is 395 g/mol. The molecule has 4 rings (SSSR count). The van der Waals surface area contributed by atoms with Crippen LogP contribution in [0.4, 0.5) is 11.4 Å². The minimum Gasteiger partial charge on any atom is -0.481 e. The highest BCUT2D eigenvalue weighted by Gasteiger charge is 2.32. The summed E-state index contributed by atoms with van der Waals surface area (Å²) < 4.78 is 6.29. The quantitative estimate of drug-likeness (QED) is 0.751. The molecular weight excluding hydrogens is 366 g/mol. The number of ether oxygens (including phenoxy) is 1. The van der Waals surface area contributed by atoms with E-state index in [0.29, 0.717) is 6.42 Å². The molecule has 0 saturated carbocycles. The average molecular weight is 396 g/mol. The zero-order valence-corrected chi connectivity index (χ0v) is 17.2. The van der Waals surface area contributed by atoms with Crippen molar-refractivity contribution in [2.24, 2.45) is 4.99 Å². The topological polar surface area (TPSA) is 65.4 Å². The Balaban J connectivity index is 1.58. The second-order valence-electron chi connectivity index (χ2n) is 7.76. The van der Waals surface area contributed by atoms with Crippen molar-refractivity contribution in [2.75, 3.05) is 31.1 Å². The molecule has 1 aliphatic carbocycles. The van der Waals surface area contributed by atoms with Gasteiger partial charge in [0.25, 0.3) is 0 Å². The van der Waals surface area contributed by atoms with Crippen LogP contribution in [0.1, 0.15) is 39.5 Å². The minimum atomic E-state index is -0.731. The van der Waals surface area contributed by atoms with Crippen LogP contribution in [0.5, 0.6) is 5.75 Å². The van der Waals surface area contributed by atoms with Crippen LogP contribution < -0.4 is 9.64 Å². The van der Waals surface area contributed by atoms with Crippen LogP contribution >= 0.6 is 0 Å². The maximum absolute atomic E-state index is 10.9. The Morgan fingerprint density at radius 1 is 1.34 bits per heavy atom. The number of rotatable bonds is 7. The molecule has 1 atom stereocenters. The van der Waals surface area contributed by atoms with E-state index in [-0.39, 0.29) is 12.5 Å². The number of hydrogen-bond acceptors (Lipinski definition) is 5. The fraction of sp³-hybridized carbons (Fsp3) is 0.478. The molecule has 1 saturated heterocycles. The summed E-state index contributed by atoms with van der Waals surface area (Å²) in [7, 11) is 0. The van der Waals surface area contributed by atoms with Crippen molar-refractivity contribution >= 4 is 23.1 Å². The van der Waals surface area contributed by atoms with Gasteiger partial charge < -0.3 is 14.7 Å². The van der Waals surface area contributed by atoms with Crippen LogP contribution in [0, 0.1) is 0 Å². The predicted molar refractivity (Wildman–Crippen MR) is 115 cm³/mol. The van der Waals surface area contributed by atoms with E-state index < -0.39 is 5.97 Å². The average Bonchev–Trinajstić information content (AvgIpc) is 2.71. The van der Waals surface area contributed by atoms with Crippen LogP contribution in [0.3, 0.4) is 0 Å². The van der Waals surface area contributed by atoms with Gasteiger partial charge in [-0.1, -0.05) is 0 Å². The molecular formula is C23H29N3O3. The van der Waals surface area contributed by atoms with Crippen molar-refractivity contribution in [3.05, 3.63) is 41.7 Å². The third-order valence-corrected chi connectivity index (χ3v) is 5.94. The Bertz CT molecular complexity index is 883. The van der Waals surface area contributed by atoms with Crippen LogP contribution in [0.15, 0.2) is 46.7 Å². The molecule has 6 heteroatoms. The first-order valence-electron chi connectivity index (χ1n) is 10.6. The number of allylic oxidation sites excluding steroid dienone is 1. The van der Waals surface area contributed by atoms with Gasteiger partial charge in [0.15, 0.2) is 11.5 Å². The molecule has 1 aromatic rings. The number of carboxylic acids is 1. The zero-order valence-electron chi connectivity index (χ0n) is 17.2. The van der Waals surface area contributed by atoms with Crippen molar-refractivity contribution in [1.29, 1.82) is 0 Å². The Morgan fingerprint density at radius 3 is 2.93 bits per heavy atom. The van der Waals surface area contributed by atoms with Gasteiger partial charge in [0, 0.05) is 31.3 Å². The third kappa shape index (κ3) is 4.08. The van der Waals surface area contributed by atoms with Gasteiger partial charge in [-0.05, 0) is 76.1 Å². The van der Waals surface area contributed by atoms with Crippen molar-refractivity contribution in [3.8, 4) is 5.75 Å². The predicted octanol–water partition coefficient (Wildman–Crippen LogP) is 4.15. The highest BCUT2D eigenvalue weighted by Crippen LogP contribution is 2.40. The number of anilines is 1. The molecule has 2 aliphatic heterocycles. The fourth-order valence-electron chi connectivity index (χ4n) is 4.42. The molecule has 0 bridgehead atoms.